The van der Waals surface area contributed by atoms with Crippen LogP contribution in [0.3, 0.4) is 0 Å². The molecule has 4 aromatic rings. The number of nitrogen functional groups attached to an aromatic ring is 1. The van der Waals surface area contributed by atoms with E-state index in [9.17, 15) is 4.79 Å². The molecule has 3 aromatic heterocycles. The van der Waals surface area contributed by atoms with Crippen molar-refractivity contribution in [1.29, 1.82) is 0 Å². The van der Waals surface area contributed by atoms with E-state index in [1.807, 2.05) is 41.9 Å². The quantitative estimate of drug-likeness (QED) is 0.395. The third-order valence-electron chi connectivity index (χ3n) is 4.32. The van der Waals surface area contributed by atoms with Gasteiger partial charge in [0.25, 0.3) is 0 Å². The van der Waals surface area contributed by atoms with Crippen LogP contribution in [0, 0.1) is 0 Å². The summed E-state index contributed by atoms with van der Waals surface area (Å²) in [4.78, 5) is 18.0. The molecule has 0 atom stereocenters. The normalized spacial score (nSPS) is 11.1. The Balaban J connectivity index is 1.61. The molecule has 4 rings (SSSR count). The van der Waals surface area contributed by atoms with Gasteiger partial charge in [-0.1, -0.05) is 30.0 Å². The lowest BCUT2D eigenvalue weighted by Crippen LogP contribution is -2.05. The molecule has 3 heterocycles. The Morgan fingerprint density at radius 1 is 1.25 bits per heavy atom. The summed E-state index contributed by atoms with van der Waals surface area (Å²) in [5.41, 5.74) is 8.42. The molecule has 0 amide bonds. The molecule has 0 radical (unpaired) electrons. The maximum atomic E-state index is 11.9. The zero-order valence-electron chi connectivity index (χ0n) is 15.2. The summed E-state index contributed by atoms with van der Waals surface area (Å²) in [6, 6.07) is 11.2. The number of fused-ring (bicyclic) bond motifs is 1. The Morgan fingerprint density at radius 2 is 2.07 bits per heavy atom. The van der Waals surface area contributed by atoms with Crippen LogP contribution in [-0.4, -0.2) is 32.8 Å². The minimum absolute atomic E-state index is 0.347. The Hall–Kier alpha value is -2.91. The topological polar surface area (TPSA) is 95.9 Å². The number of esters is 1. The fourth-order valence-corrected chi connectivity index (χ4v) is 4.85. The number of nitrogens with two attached hydrogens (primary N) is 1. The number of hydrogen-bond donors (Lipinski definition) is 1. The highest BCUT2D eigenvalue weighted by Crippen LogP contribution is 2.39. The predicted molar refractivity (Wildman–Crippen MR) is 111 cm³/mol. The molecule has 0 saturated carbocycles. The summed E-state index contributed by atoms with van der Waals surface area (Å²) in [6.07, 6.45) is 1.75. The van der Waals surface area contributed by atoms with Gasteiger partial charge < -0.3 is 15.0 Å². The minimum atomic E-state index is -0.347. The van der Waals surface area contributed by atoms with Crippen LogP contribution in [0.5, 0.6) is 0 Å². The van der Waals surface area contributed by atoms with Crippen LogP contribution in [0.2, 0.25) is 0 Å². The number of anilines is 1. The van der Waals surface area contributed by atoms with Gasteiger partial charge >= 0.3 is 5.97 Å². The van der Waals surface area contributed by atoms with E-state index in [0.29, 0.717) is 22.8 Å². The predicted octanol–water partition coefficient (Wildman–Crippen LogP) is 3.75. The zero-order valence-corrected chi connectivity index (χ0v) is 16.9. The van der Waals surface area contributed by atoms with Crippen molar-refractivity contribution in [3.8, 4) is 10.7 Å². The number of aromatic nitrogens is 4. The van der Waals surface area contributed by atoms with Gasteiger partial charge in [-0.3, -0.25) is 0 Å². The lowest BCUT2D eigenvalue weighted by atomic mass is 10.1. The van der Waals surface area contributed by atoms with Crippen LogP contribution < -0.4 is 5.73 Å². The second kappa shape index (κ2) is 7.61. The molecule has 1 aromatic carbocycles. The van der Waals surface area contributed by atoms with Crippen molar-refractivity contribution in [2.24, 2.45) is 7.05 Å². The van der Waals surface area contributed by atoms with E-state index in [1.54, 1.807) is 12.3 Å². The summed E-state index contributed by atoms with van der Waals surface area (Å²) >= 11 is 3.00. The molecule has 142 valence electrons. The van der Waals surface area contributed by atoms with E-state index in [2.05, 4.69) is 15.2 Å². The highest BCUT2D eigenvalue weighted by molar-refractivity contribution is 7.98. The number of thiophene rings is 1. The molecule has 2 N–H and O–H groups in total. The summed E-state index contributed by atoms with van der Waals surface area (Å²) in [5, 5.41) is 10.3. The van der Waals surface area contributed by atoms with E-state index in [4.69, 9.17) is 10.5 Å². The molecule has 0 aliphatic carbocycles. The number of carbonyl (C=O) groups excluding carboxylic acids is 1. The Labute approximate surface area is 169 Å². The van der Waals surface area contributed by atoms with Gasteiger partial charge in [-0.15, -0.1) is 21.5 Å². The molecular formula is C19H17N5O2S2. The number of nitrogens with zero attached hydrogens (tertiary/aromatic N) is 4. The highest BCUT2D eigenvalue weighted by atomic mass is 32.2. The van der Waals surface area contributed by atoms with Gasteiger partial charge in [0.2, 0.25) is 0 Å². The van der Waals surface area contributed by atoms with Crippen molar-refractivity contribution < 1.29 is 9.53 Å². The summed E-state index contributed by atoms with van der Waals surface area (Å²) in [6.45, 7) is 0. The average Bonchev–Trinajstić information content (AvgIpc) is 3.26. The molecule has 0 fully saturated rings. The number of rotatable bonds is 5. The zero-order chi connectivity index (χ0) is 19.7. The third-order valence-corrected chi connectivity index (χ3v) is 6.52. The first-order valence-corrected chi connectivity index (χ1v) is 10.2. The second-order valence-electron chi connectivity index (χ2n) is 6.00. The molecule has 28 heavy (non-hydrogen) atoms. The molecule has 0 aliphatic rings. The van der Waals surface area contributed by atoms with Crippen LogP contribution in [-0.2, 0) is 17.5 Å². The first-order chi connectivity index (χ1) is 13.6. The molecule has 7 nitrogen and oxygen atoms in total. The van der Waals surface area contributed by atoms with Crippen LogP contribution in [0.15, 0.2) is 47.8 Å². The largest absolute Gasteiger partial charge is 0.465 e. The smallest absolute Gasteiger partial charge is 0.338 e. The van der Waals surface area contributed by atoms with Gasteiger partial charge in [0.1, 0.15) is 4.83 Å². The van der Waals surface area contributed by atoms with Crippen LogP contribution >= 0.6 is 23.1 Å². The number of ether oxygens (including phenoxy) is 1. The van der Waals surface area contributed by atoms with Gasteiger partial charge in [-0.2, -0.15) is 0 Å². The number of carbonyl (C=O) groups is 1. The molecule has 0 bridgehead atoms. The van der Waals surface area contributed by atoms with Crippen molar-refractivity contribution in [2.75, 3.05) is 12.8 Å². The summed E-state index contributed by atoms with van der Waals surface area (Å²) in [5.74, 6) is 0.922. The minimum Gasteiger partial charge on any atom is -0.465 e. The first-order valence-electron chi connectivity index (χ1n) is 8.42. The van der Waals surface area contributed by atoms with Crippen molar-refractivity contribution >= 4 is 45.0 Å². The van der Waals surface area contributed by atoms with E-state index in [1.165, 1.54) is 30.2 Å². The number of hydrogen-bond acceptors (Lipinski definition) is 8. The number of thioether (sulfide) groups is 1. The van der Waals surface area contributed by atoms with Crippen molar-refractivity contribution in [2.45, 2.75) is 10.9 Å². The maximum absolute atomic E-state index is 11.9. The van der Waals surface area contributed by atoms with Crippen molar-refractivity contribution in [3.05, 3.63) is 53.7 Å². The van der Waals surface area contributed by atoms with Gasteiger partial charge in [0, 0.05) is 24.4 Å². The van der Waals surface area contributed by atoms with Gasteiger partial charge in [-0.25, -0.2) is 9.78 Å². The SMILES string of the molecule is COC(=O)c1ccccc1CSc1nnc(-c2sc3ncccc3c2N)n1C. The van der Waals surface area contributed by atoms with Gasteiger partial charge in [0.15, 0.2) is 11.0 Å². The fourth-order valence-electron chi connectivity index (χ4n) is 2.85. The number of pyridine rings is 1. The maximum Gasteiger partial charge on any atom is 0.338 e. The standard InChI is InChI=1S/C19H17N5O2S2/c1-24-16(15-14(20)13-8-5-9-21-17(13)28-15)22-23-19(24)27-10-11-6-3-4-7-12(11)18(25)26-2/h3-9H,10,20H2,1-2H3. The fraction of sp³-hybridized carbons (Fsp3) is 0.158. The monoisotopic (exact) mass is 411 g/mol. The molecular weight excluding hydrogens is 394 g/mol. The summed E-state index contributed by atoms with van der Waals surface area (Å²) in [7, 11) is 3.28. The lowest BCUT2D eigenvalue weighted by Gasteiger charge is -2.07. The molecule has 0 saturated heterocycles. The second-order valence-corrected chi connectivity index (χ2v) is 7.95. The molecule has 0 aliphatic heterocycles. The van der Waals surface area contributed by atoms with E-state index >= 15 is 0 Å². The Kier molecular flexibility index (Phi) is 5.01. The number of benzene rings is 1. The third kappa shape index (κ3) is 3.23. The molecule has 0 spiro atoms. The lowest BCUT2D eigenvalue weighted by molar-refractivity contribution is 0.0600. The Bertz CT molecular complexity index is 1170. The van der Waals surface area contributed by atoms with E-state index in [0.717, 1.165) is 25.8 Å². The van der Waals surface area contributed by atoms with Crippen LogP contribution in [0.25, 0.3) is 20.9 Å². The first kappa shape index (κ1) is 18.5. The van der Waals surface area contributed by atoms with Gasteiger partial charge in [0.05, 0.1) is 23.2 Å². The van der Waals surface area contributed by atoms with Gasteiger partial charge in [-0.05, 0) is 23.8 Å². The van der Waals surface area contributed by atoms with Crippen LogP contribution in [0.4, 0.5) is 5.69 Å². The van der Waals surface area contributed by atoms with E-state index in [-0.39, 0.29) is 5.97 Å². The molecule has 0 unspecified atom stereocenters. The Morgan fingerprint density at radius 3 is 2.86 bits per heavy atom. The average molecular weight is 412 g/mol. The number of methoxy groups -OCH3 is 1. The highest BCUT2D eigenvalue weighted by Gasteiger charge is 2.19. The van der Waals surface area contributed by atoms with Crippen molar-refractivity contribution in [1.82, 2.24) is 19.7 Å². The molecule has 9 heteroatoms. The van der Waals surface area contributed by atoms with Crippen LogP contribution in [0.1, 0.15) is 15.9 Å². The van der Waals surface area contributed by atoms with Crippen molar-refractivity contribution in [3.63, 3.8) is 0 Å². The van der Waals surface area contributed by atoms with E-state index < -0.39 is 0 Å². The summed E-state index contributed by atoms with van der Waals surface area (Å²) < 4.78 is 6.77.